The van der Waals surface area contributed by atoms with Gasteiger partial charge in [-0.1, -0.05) is 43.6 Å². The summed E-state index contributed by atoms with van der Waals surface area (Å²) in [6.07, 6.45) is 0.480. The lowest BCUT2D eigenvalue weighted by Crippen LogP contribution is -2.25. The highest BCUT2D eigenvalue weighted by Gasteiger charge is 2.35. The van der Waals surface area contributed by atoms with Gasteiger partial charge in [0.15, 0.2) is 0 Å². The molecule has 1 saturated heterocycles. The molecule has 0 aliphatic carbocycles. The number of aromatic nitrogens is 2. The minimum Gasteiger partial charge on any atom is -0.327 e. The average molecular weight is 382 g/mol. The van der Waals surface area contributed by atoms with Crippen LogP contribution in [0.1, 0.15) is 37.6 Å². The molecule has 0 spiro atoms. The minimum absolute atomic E-state index is 0.0852. The Morgan fingerprint density at radius 3 is 2.78 bits per heavy atom. The Bertz CT molecular complexity index is 1010. The molecular weight excluding hydrogens is 358 g/mol. The molecule has 1 aliphatic rings. The van der Waals surface area contributed by atoms with E-state index < -0.39 is 0 Å². The molecule has 0 bridgehead atoms. The molecule has 1 atom stereocenters. The molecule has 0 unspecified atom stereocenters. The molecule has 0 N–H and O–H groups in total. The number of benzene rings is 2. The fourth-order valence-corrected chi connectivity index (χ4v) is 4.12. The second-order valence-electron chi connectivity index (χ2n) is 7.80. The van der Waals surface area contributed by atoms with Crippen molar-refractivity contribution in [1.29, 1.82) is 0 Å². The van der Waals surface area contributed by atoms with Gasteiger partial charge in [0.2, 0.25) is 5.91 Å². The molecule has 1 fully saturated rings. The van der Waals surface area contributed by atoms with E-state index in [0.717, 1.165) is 34.7 Å². The Morgan fingerprint density at radius 1 is 1.22 bits per heavy atom. The van der Waals surface area contributed by atoms with Crippen LogP contribution in [0.5, 0.6) is 0 Å². The van der Waals surface area contributed by atoms with Gasteiger partial charge in [0.1, 0.15) is 5.82 Å². The van der Waals surface area contributed by atoms with Crippen LogP contribution in [-0.2, 0) is 11.3 Å². The number of carbonyl (C=O) groups excluding carboxylic acids is 1. The first kappa shape index (κ1) is 18.1. The van der Waals surface area contributed by atoms with E-state index in [-0.39, 0.29) is 11.8 Å². The highest BCUT2D eigenvalue weighted by atomic mass is 35.5. The number of hydrogen-bond donors (Lipinski definition) is 0. The normalized spacial score (nSPS) is 17.4. The number of aryl methyl sites for hydroxylation is 1. The van der Waals surface area contributed by atoms with E-state index >= 15 is 0 Å². The van der Waals surface area contributed by atoms with Crippen LogP contribution in [0, 0.1) is 12.8 Å². The number of halogens is 1. The Balaban J connectivity index is 1.73. The number of fused-ring (bicyclic) bond motifs is 1. The SMILES string of the molecule is Cc1ccc(Cl)cc1N1C[C@H](c2nc3ccccc3n2CC(C)C)CC1=O. The van der Waals surface area contributed by atoms with Crippen LogP contribution < -0.4 is 4.90 Å². The number of nitrogens with zero attached hydrogens (tertiary/aromatic N) is 3. The maximum Gasteiger partial charge on any atom is 0.227 e. The van der Waals surface area contributed by atoms with Gasteiger partial charge in [0, 0.05) is 36.1 Å². The Labute approximate surface area is 164 Å². The molecule has 3 aromatic rings. The van der Waals surface area contributed by atoms with E-state index in [1.807, 2.05) is 48.2 Å². The third-order valence-electron chi connectivity index (χ3n) is 5.18. The largest absolute Gasteiger partial charge is 0.327 e. The number of imidazole rings is 1. The van der Waals surface area contributed by atoms with E-state index in [4.69, 9.17) is 16.6 Å². The molecule has 4 nitrogen and oxygen atoms in total. The van der Waals surface area contributed by atoms with Crippen molar-refractivity contribution in [2.45, 2.75) is 39.7 Å². The Kier molecular flexibility index (Phi) is 4.68. The molecule has 140 valence electrons. The summed E-state index contributed by atoms with van der Waals surface area (Å²) in [4.78, 5) is 19.6. The van der Waals surface area contributed by atoms with Crippen molar-refractivity contribution < 1.29 is 4.79 Å². The summed E-state index contributed by atoms with van der Waals surface area (Å²) in [5.41, 5.74) is 4.11. The molecule has 27 heavy (non-hydrogen) atoms. The van der Waals surface area contributed by atoms with Crippen LogP contribution in [0.4, 0.5) is 5.69 Å². The summed E-state index contributed by atoms with van der Waals surface area (Å²) >= 11 is 6.18. The van der Waals surface area contributed by atoms with Crippen LogP contribution >= 0.6 is 11.6 Å². The van der Waals surface area contributed by atoms with Gasteiger partial charge in [-0.25, -0.2) is 4.98 Å². The zero-order chi connectivity index (χ0) is 19.1. The average Bonchev–Trinajstić information content (AvgIpc) is 3.18. The first-order valence-electron chi connectivity index (χ1n) is 9.45. The highest BCUT2D eigenvalue weighted by molar-refractivity contribution is 6.31. The van der Waals surface area contributed by atoms with Gasteiger partial charge >= 0.3 is 0 Å². The van der Waals surface area contributed by atoms with Crippen molar-refractivity contribution in [2.75, 3.05) is 11.4 Å². The van der Waals surface area contributed by atoms with Gasteiger partial charge in [-0.2, -0.15) is 0 Å². The molecule has 1 aliphatic heterocycles. The lowest BCUT2D eigenvalue weighted by molar-refractivity contribution is -0.117. The molecule has 1 amide bonds. The fourth-order valence-electron chi connectivity index (χ4n) is 3.95. The smallest absolute Gasteiger partial charge is 0.227 e. The summed E-state index contributed by atoms with van der Waals surface area (Å²) in [7, 11) is 0. The molecule has 1 aromatic heterocycles. The van der Waals surface area contributed by atoms with E-state index in [2.05, 4.69) is 24.5 Å². The van der Waals surface area contributed by atoms with Crippen molar-refractivity contribution in [3.05, 3.63) is 58.9 Å². The maximum absolute atomic E-state index is 12.8. The zero-order valence-electron chi connectivity index (χ0n) is 15.9. The van der Waals surface area contributed by atoms with Crippen molar-refractivity contribution in [1.82, 2.24) is 9.55 Å². The van der Waals surface area contributed by atoms with E-state index in [1.165, 1.54) is 0 Å². The van der Waals surface area contributed by atoms with Crippen LogP contribution in [0.25, 0.3) is 11.0 Å². The quantitative estimate of drug-likeness (QED) is 0.624. The summed E-state index contributed by atoms with van der Waals surface area (Å²) in [5.74, 6) is 1.74. The number of hydrogen-bond acceptors (Lipinski definition) is 2. The van der Waals surface area contributed by atoms with Gasteiger partial charge in [0.05, 0.1) is 11.0 Å². The van der Waals surface area contributed by atoms with Gasteiger partial charge in [-0.05, 0) is 42.7 Å². The number of amides is 1. The Hall–Kier alpha value is -2.33. The molecule has 0 radical (unpaired) electrons. The van der Waals surface area contributed by atoms with Crippen LogP contribution in [-0.4, -0.2) is 22.0 Å². The Morgan fingerprint density at radius 2 is 2.00 bits per heavy atom. The summed E-state index contributed by atoms with van der Waals surface area (Å²) in [5, 5.41) is 0.652. The second-order valence-corrected chi connectivity index (χ2v) is 8.24. The first-order valence-corrected chi connectivity index (χ1v) is 9.83. The van der Waals surface area contributed by atoms with Crippen LogP contribution in [0.2, 0.25) is 5.02 Å². The summed E-state index contributed by atoms with van der Waals surface area (Å²) in [6.45, 7) is 7.97. The molecule has 2 aromatic carbocycles. The van der Waals surface area contributed by atoms with E-state index in [1.54, 1.807) is 0 Å². The fraction of sp³-hybridized carbons (Fsp3) is 0.364. The van der Waals surface area contributed by atoms with Gasteiger partial charge < -0.3 is 9.47 Å². The predicted molar refractivity (Wildman–Crippen MR) is 110 cm³/mol. The van der Waals surface area contributed by atoms with Crippen LogP contribution in [0.15, 0.2) is 42.5 Å². The first-order chi connectivity index (χ1) is 12.9. The molecular formula is C22H24ClN3O. The molecule has 2 heterocycles. The third kappa shape index (κ3) is 3.34. The second kappa shape index (κ2) is 7.01. The molecule has 5 heteroatoms. The number of carbonyl (C=O) groups is 1. The highest BCUT2D eigenvalue weighted by Crippen LogP contribution is 2.35. The predicted octanol–water partition coefficient (Wildman–Crippen LogP) is 5.17. The van der Waals surface area contributed by atoms with Crippen molar-refractivity contribution >= 4 is 34.2 Å². The van der Waals surface area contributed by atoms with Crippen molar-refractivity contribution in [3.63, 3.8) is 0 Å². The van der Waals surface area contributed by atoms with E-state index in [9.17, 15) is 4.79 Å². The van der Waals surface area contributed by atoms with Crippen molar-refractivity contribution in [2.24, 2.45) is 5.92 Å². The number of rotatable bonds is 4. The third-order valence-corrected chi connectivity index (χ3v) is 5.42. The van der Waals surface area contributed by atoms with E-state index in [0.29, 0.717) is 23.9 Å². The topological polar surface area (TPSA) is 38.1 Å². The lowest BCUT2D eigenvalue weighted by Gasteiger charge is -2.20. The molecule has 4 rings (SSSR count). The molecule has 0 saturated carbocycles. The zero-order valence-corrected chi connectivity index (χ0v) is 16.7. The number of anilines is 1. The monoisotopic (exact) mass is 381 g/mol. The van der Waals surface area contributed by atoms with Crippen LogP contribution in [0.3, 0.4) is 0 Å². The maximum atomic E-state index is 12.8. The van der Waals surface area contributed by atoms with Crippen molar-refractivity contribution in [3.8, 4) is 0 Å². The summed E-state index contributed by atoms with van der Waals surface area (Å²) < 4.78 is 2.30. The minimum atomic E-state index is 0.0852. The van der Waals surface area contributed by atoms with Gasteiger partial charge in [-0.3, -0.25) is 4.79 Å². The summed E-state index contributed by atoms with van der Waals surface area (Å²) in [6, 6.07) is 13.9. The van der Waals surface area contributed by atoms with Gasteiger partial charge in [0.25, 0.3) is 0 Å². The number of para-hydroxylation sites is 2. The lowest BCUT2D eigenvalue weighted by atomic mass is 10.1. The standard InChI is InChI=1S/C22H24ClN3O/c1-14(2)12-26-19-7-5-4-6-18(19)24-22(26)16-10-21(27)25(13-16)20-11-17(23)9-8-15(20)3/h4-9,11,14,16H,10,12-13H2,1-3H3/t16-/m1/s1. The van der Waals surface area contributed by atoms with Gasteiger partial charge in [-0.15, -0.1) is 0 Å².